The minimum Gasteiger partial charge on any atom is -0.507 e. The molecule has 0 aliphatic carbocycles. The summed E-state index contributed by atoms with van der Waals surface area (Å²) in [5.41, 5.74) is 1.39. The molecule has 0 aliphatic heterocycles. The van der Waals surface area contributed by atoms with Crippen molar-refractivity contribution in [3.05, 3.63) is 47.5 Å². The molecule has 176 valence electrons. The molecule has 0 spiro atoms. The number of hydrogen-bond donors (Lipinski definition) is 1. The second-order valence-electron chi connectivity index (χ2n) is 10.9. The van der Waals surface area contributed by atoms with Gasteiger partial charge in [-0.2, -0.15) is 0 Å². The first kappa shape index (κ1) is 25.8. The number of carbonyl (C=O) groups excluding carboxylic acids is 1. The van der Waals surface area contributed by atoms with Gasteiger partial charge in [-0.15, -0.1) is 0 Å². The van der Waals surface area contributed by atoms with E-state index in [4.69, 9.17) is 9.47 Å². The van der Waals surface area contributed by atoms with Crippen LogP contribution in [-0.2, 0) is 20.4 Å². The van der Waals surface area contributed by atoms with Crippen LogP contribution >= 0.6 is 0 Å². The Morgan fingerprint density at radius 1 is 0.875 bits per heavy atom. The lowest BCUT2D eigenvalue weighted by molar-refractivity contribution is -0.142. The van der Waals surface area contributed by atoms with Gasteiger partial charge in [-0.1, -0.05) is 72.0 Å². The van der Waals surface area contributed by atoms with Crippen LogP contribution in [0.4, 0.5) is 0 Å². The van der Waals surface area contributed by atoms with Crippen molar-refractivity contribution in [3.8, 4) is 17.2 Å². The highest BCUT2D eigenvalue weighted by molar-refractivity contribution is 6.89. The van der Waals surface area contributed by atoms with Gasteiger partial charge in [0.05, 0.1) is 13.3 Å². The molecule has 0 atom stereocenters. The molecule has 2 aromatic rings. The number of rotatable bonds is 7. The standard InChI is InChI=1S/C26H38O5Si/c1-25(2,3)21-14-19(15-22(24(21)28)26(4,5)6)31-17-32(8,9)20-12-10-18(11-13-20)30-16-23(27)29-7/h10-15,28H,16-17H2,1-9H3. The van der Waals surface area contributed by atoms with E-state index in [0.29, 0.717) is 17.7 Å². The van der Waals surface area contributed by atoms with Gasteiger partial charge in [0, 0.05) is 11.1 Å². The van der Waals surface area contributed by atoms with Crippen LogP contribution in [0.5, 0.6) is 17.2 Å². The minimum atomic E-state index is -1.91. The predicted molar refractivity (Wildman–Crippen MR) is 132 cm³/mol. The third-order valence-corrected chi connectivity index (χ3v) is 8.28. The number of hydrogen-bond acceptors (Lipinski definition) is 5. The number of phenolic OH excluding ortho intramolecular Hbond substituents is 1. The lowest BCUT2D eigenvalue weighted by Crippen LogP contribution is -2.47. The van der Waals surface area contributed by atoms with Gasteiger partial charge >= 0.3 is 5.97 Å². The van der Waals surface area contributed by atoms with Crippen LogP contribution in [0, 0.1) is 0 Å². The molecule has 0 aliphatic rings. The van der Waals surface area contributed by atoms with Crippen molar-refractivity contribution >= 4 is 19.2 Å². The van der Waals surface area contributed by atoms with E-state index in [0.717, 1.165) is 16.9 Å². The lowest BCUT2D eigenvalue weighted by atomic mass is 9.79. The summed E-state index contributed by atoms with van der Waals surface area (Å²) in [5, 5.41) is 12.2. The Bertz CT molecular complexity index is 899. The van der Waals surface area contributed by atoms with Gasteiger partial charge in [-0.3, -0.25) is 0 Å². The number of carbonyl (C=O) groups is 1. The monoisotopic (exact) mass is 458 g/mol. The fourth-order valence-corrected chi connectivity index (χ4v) is 5.15. The van der Waals surface area contributed by atoms with Gasteiger partial charge in [0.1, 0.15) is 25.3 Å². The van der Waals surface area contributed by atoms with Crippen molar-refractivity contribution in [2.75, 3.05) is 19.9 Å². The number of benzene rings is 2. The summed E-state index contributed by atoms with van der Waals surface area (Å²) in [6.07, 6.45) is 0.604. The summed E-state index contributed by atoms with van der Waals surface area (Å²) < 4.78 is 16.4. The summed E-state index contributed by atoms with van der Waals surface area (Å²) in [5.74, 6) is 1.37. The molecular formula is C26H38O5Si. The molecule has 0 aromatic heterocycles. The fourth-order valence-electron chi connectivity index (χ4n) is 3.39. The van der Waals surface area contributed by atoms with Crippen LogP contribution in [0.25, 0.3) is 0 Å². The maximum atomic E-state index is 11.3. The van der Waals surface area contributed by atoms with Gasteiger partial charge < -0.3 is 19.3 Å². The Labute approximate surface area is 193 Å². The van der Waals surface area contributed by atoms with Crippen molar-refractivity contribution in [2.45, 2.75) is 65.5 Å². The maximum absolute atomic E-state index is 11.3. The highest BCUT2D eigenvalue weighted by atomic mass is 28.3. The number of ether oxygens (including phenoxy) is 3. The average Bonchev–Trinajstić information content (AvgIpc) is 2.69. The third-order valence-electron chi connectivity index (χ3n) is 5.52. The van der Waals surface area contributed by atoms with Crippen LogP contribution in [0.2, 0.25) is 13.1 Å². The molecule has 0 saturated heterocycles. The zero-order valence-electron chi connectivity index (χ0n) is 21.0. The van der Waals surface area contributed by atoms with Crippen molar-refractivity contribution in [2.24, 2.45) is 0 Å². The molecule has 0 saturated carbocycles. The summed E-state index contributed by atoms with van der Waals surface area (Å²) >= 11 is 0. The van der Waals surface area contributed by atoms with E-state index >= 15 is 0 Å². The lowest BCUT2D eigenvalue weighted by Gasteiger charge is -2.29. The SMILES string of the molecule is COC(=O)COc1ccc([Si](C)(C)COc2cc(C(C)(C)C)c(O)c(C(C)(C)C)c2)cc1. The van der Waals surface area contributed by atoms with Crippen LogP contribution in [0.1, 0.15) is 52.7 Å². The van der Waals surface area contributed by atoms with Crippen molar-refractivity contribution < 1.29 is 24.1 Å². The first-order chi connectivity index (χ1) is 14.6. The zero-order chi connectivity index (χ0) is 24.3. The van der Waals surface area contributed by atoms with Crippen molar-refractivity contribution in [1.82, 2.24) is 0 Å². The molecule has 0 radical (unpaired) electrons. The maximum Gasteiger partial charge on any atom is 0.343 e. The normalized spacial score (nSPS) is 12.4. The smallest absolute Gasteiger partial charge is 0.343 e. The Hall–Kier alpha value is -2.47. The molecule has 0 bridgehead atoms. The quantitative estimate of drug-likeness (QED) is 0.463. The third kappa shape index (κ3) is 6.51. The molecule has 0 heterocycles. The molecule has 0 fully saturated rings. The molecule has 32 heavy (non-hydrogen) atoms. The molecule has 5 nitrogen and oxygen atoms in total. The van der Waals surface area contributed by atoms with Gasteiger partial charge in [0.2, 0.25) is 0 Å². The minimum absolute atomic E-state index is 0.104. The Balaban J connectivity index is 2.22. The fraction of sp³-hybridized carbons (Fsp3) is 0.500. The number of esters is 1. The van der Waals surface area contributed by atoms with Crippen LogP contribution in [-0.4, -0.2) is 39.1 Å². The summed E-state index contributed by atoms with van der Waals surface area (Å²) in [6.45, 7) is 17.0. The Kier molecular flexibility index (Phi) is 7.71. The van der Waals surface area contributed by atoms with Gasteiger partial charge in [0.25, 0.3) is 0 Å². The van der Waals surface area contributed by atoms with E-state index in [-0.39, 0.29) is 17.4 Å². The van der Waals surface area contributed by atoms with Crippen molar-refractivity contribution in [1.29, 1.82) is 0 Å². The van der Waals surface area contributed by atoms with Gasteiger partial charge in [-0.05, 0) is 35.1 Å². The van der Waals surface area contributed by atoms with E-state index in [2.05, 4.69) is 59.4 Å². The largest absolute Gasteiger partial charge is 0.507 e. The van der Waals surface area contributed by atoms with Crippen molar-refractivity contribution in [3.63, 3.8) is 0 Å². The summed E-state index contributed by atoms with van der Waals surface area (Å²) in [7, 11) is -0.570. The predicted octanol–water partition coefficient (Wildman–Crippen LogP) is 5.07. The van der Waals surface area contributed by atoms with E-state index in [9.17, 15) is 9.90 Å². The molecule has 1 N–H and O–H groups in total. The molecule has 0 amide bonds. The molecule has 2 rings (SSSR count). The molecular weight excluding hydrogens is 420 g/mol. The van der Waals surface area contributed by atoms with E-state index in [1.165, 1.54) is 12.3 Å². The Morgan fingerprint density at radius 2 is 1.38 bits per heavy atom. The van der Waals surface area contributed by atoms with Crippen LogP contribution < -0.4 is 14.7 Å². The number of phenols is 1. The van der Waals surface area contributed by atoms with Gasteiger partial charge in [0.15, 0.2) is 6.61 Å². The Morgan fingerprint density at radius 3 is 1.81 bits per heavy atom. The second kappa shape index (κ2) is 9.57. The first-order valence-electron chi connectivity index (χ1n) is 11.0. The summed E-state index contributed by atoms with van der Waals surface area (Å²) in [4.78, 5) is 11.3. The zero-order valence-corrected chi connectivity index (χ0v) is 22.0. The highest BCUT2D eigenvalue weighted by Crippen LogP contribution is 2.41. The average molecular weight is 459 g/mol. The number of aromatic hydroxyl groups is 1. The molecule has 2 aromatic carbocycles. The highest BCUT2D eigenvalue weighted by Gasteiger charge is 2.29. The van der Waals surface area contributed by atoms with E-state index in [1.54, 1.807) is 0 Å². The van der Waals surface area contributed by atoms with E-state index in [1.807, 2.05) is 36.4 Å². The van der Waals surface area contributed by atoms with E-state index < -0.39 is 14.0 Å². The van der Waals surface area contributed by atoms with Crippen LogP contribution in [0.3, 0.4) is 0 Å². The van der Waals surface area contributed by atoms with Gasteiger partial charge in [-0.25, -0.2) is 4.79 Å². The topological polar surface area (TPSA) is 65.0 Å². The van der Waals surface area contributed by atoms with Crippen LogP contribution in [0.15, 0.2) is 36.4 Å². The second-order valence-corrected chi connectivity index (χ2v) is 15.6. The summed E-state index contributed by atoms with van der Waals surface area (Å²) in [6, 6.07) is 11.8. The first-order valence-corrected chi connectivity index (χ1v) is 14.2. The number of methoxy groups -OCH3 is 1. The molecule has 0 unspecified atom stereocenters. The molecule has 6 heteroatoms.